The number of hydrogen-bond donors (Lipinski definition) is 3. The third-order valence-corrected chi connectivity index (χ3v) is 2.21. The average Bonchev–Trinajstić information content (AvgIpc) is 2.27. The number of benzene rings is 1. The molecule has 0 unspecified atom stereocenters. The van der Waals surface area contributed by atoms with Crippen LogP contribution in [0.2, 0.25) is 0 Å². The van der Waals surface area contributed by atoms with Crippen LogP contribution in [0.5, 0.6) is 0 Å². The Kier molecular flexibility index (Phi) is 5.57. The van der Waals surface area contributed by atoms with E-state index in [2.05, 4.69) is 16.0 Å². The molecule has 1 rings (SSSR count). The summed E-state index contributed by atoms with van der Waals surface area (Å²) in [7, 11) is 0. The van der Waals surface area contributed by atoms with Crippen LogP contribution in [0.15, 0.2) is 24.3 Å². The Morgan fingerprint density at radius 2 is 1.52 bits per heavy atom. The topological polar surface area (TPSA) is 70.2 Å². The Bertz CT molecular complexity index is 498. The molecule has 0 spiro atoms. The summed E-state index contributed by atoms with van der Waals surface area (Å²) in [5, 5.41) is 7.29. The van der Waals surface area contributed by atoms with Gasteiger partial charge in [0, 0.05) is 17.4 Å². The van der Waals surface area contributed by atoms with Gasteiger partial charge in [-0.05, 0) is 38.1 Å². The van der Waals surface area contributed by atoms with Gasteiger partial charge in [-0.3, -0.25) is 4.79 Å². The van der Waals surface area contributed by atoms with Crippen LogP contribution in [0, 0.1) is 0 Å². The molecule has 21 heavy (non-hydrogen) atoms. The Morgan fingerprint density at radius 1 is 1.05 bits per heavy atom. The smallest absolute Gasteiger partial charge is 0.336 e. The fourth-order valence-electron chi connectivity index (χ4n) is 1.45. The van der Waals surface area contributed by atoms with Crippen LogP contribution in [0.25, 0.3) is 0 Å². The van der Waals surface area contributed by atoms with Crippen molar-refractivity contribution in [3.05, 3.63) is 24.3 Å². The number of rotatable bonds is 4. The van der Waals surface area contributed by atoms with E-state index in [1.807, 2.05) is 0 Å². The van der Waals surface area contributed by atoms with Crippen LogP contribution < -0.4 is 16.0 Å². The standard InChI is InChI=1S/C13H16F3N3O2/c1-8(2)17-12(21)19-10-5-3-9(4-6-10)18-11(20)7-13(14,15)16/h3-6,8H,7H2,1-2H3,(H,18,20)(H2,17,19,21). The maximum Gasteiger partial charge on any atom is 0.397 e. The highest BCUT2D eigenvalue weighted by atomic mass is 19.4. The van der Waals surface area contributed by atoms with Crippen LogP contribution in [-0.2, 0) is 4.79 Å². The molecule has 0 atom stereocenters. The molecule has 5 nitrogen and oxygen atoms in total. The second kappa shape index (κ2) is 6.96. The molecule has 0 saturated heterocycles. The summed E-state index contributed by atoms with van der Waals surface area (Å²) in [5.41, 5.74) is 0.682. The molecule has 1 aromatic rings. The molecule has 0 saturated carbocycles. The molecular formula is C13H16F3N3O2. The van der Waals surface area contributed by atoms with E-state index in [0.717, 1.165) is 0 Å². The molecule has 8 heteroatoms. The van der Waals surface area contributed by atoms with Gasteiger partial charge in [0.25, 0.3) is 0 Å². The molecule has 3 N–H and O–H groups in total. The highest BCUT2D eigenvalue weighted by Crippen LogP contribution is 2.21. The predicted molar refractivity (Wildman–Crippen MR) is 73.0 cm³/mol. The number of urea groups is 1. The fraction of sp³-hybridized carbons (Fsp3) is 0.385. The van der Waals surface area contributed by atoms with Crippen molar-refractivity contribution in [2.24, 2.45) is 0 Å². The van der Waals surface area contributed by atoms with Gasteiger partial charge in [-0.1, -0.05) is 0 Å². The van der Waals surface area contributed by atoms with Gasteiger partial charge in [0.2, 0.25) is 5.91 Å². The molecule has 3 amide bonds. The zero-order valence-corrected chi connectivity index (χ0v) is 11.5. The van der Waals surface area contributed by atoms with E-state index in [1.165, 1.54) is 24.3 Å². The first-order valence-electron chi connectivity index (χ1n) is 6.20. The quantitative estimate of drug-likeness (QED) is 0.800. The Morgan fingerprint density at radius 3 is 1.95 bits per heavy atom. The first-order chi connectivity index (χ1) is 9.65. The molecule has 0 aliphatic rings. The molecule has 0 radical (unpaired) electrons. The molecule has 0 bridgehead atoms. The lowest BCUT2D eigenvalue weighted by Crippen LogP contribution is -2.34. The van der Waals surface area contributed by atoms with Gasteiger partial charge in [-0.15, -0.1) is 0 Å². The van der Waals surface area contributed by atoms with Crippen molar-refractivity contribution in [2.45, 2.75) is 32.5 Å². The van der Waals surface area contributed by atoms with Gasteiger partial charge in [0.1, 0.15) is 6.42 Å². The van der Waals surface area contributed by atoms with Crippen molar-refractivity contribution in [1.29, 1.82) is 0 Å². The van der Waals surface area contributed by atoms with Crippen LogP contribution in [0.4, 0.5) is 29.3 Å². The number of alkyl halides is 3. The Balaban J connectivity index is 2.54. The summed E-state index contributed by atoms with van der Waals surface area (Å²) in [6.45, 7) is 3.61. The van der Waals surface area contributed by atoms with Crippen molar-refractivity contribution in [3.8, 4) is 0 Å². The van der Waals surface area contributed by atoms with Crippen molar-refractivity contribution >= 4 is 23.3 Å². The molecule has 0 aliphatic carbocycles. The summed E-state index contributed by atoms with van der Waals surface area (Å²) in [5.74, 6) is -1.14. The monoisotopic (exact) mass is 303 g/mol. The number of nitrogens with one attached hydrogen (secondary N) is 3. The van der Waals surface area contributed by atoms with Crippen LogP contribution in [0.3, 0.4) is 0 Å². The molecule has 116 valence electrons. The largest absolute Gasteiger partial charge is 0.397 e. The van der Waals surface area contributed by atoms with Gasteiger partial charge < -0.3 is 16.0 Å². The lowest BCUT2D eigenvalue weighted by atomic mass is 10.2. The lowest BCUT2D eigenvalue weighted by Gasteiger charge is -2.11. The van der Waals surface area contributed by atoms with Gasteiger partial charge in [0.15, 0.2) is 0 Å². The van der Waals surface area contributed by atoms with Crippen LogP contribution in [-0.4, -0.2) is 24.2 Å². The number of hydrogen-bond acceptors (Lipinski definition) is 2. The number of carbonyl (C=O) groups is 2. The molecule has 0 fully saturated rings. The lowest BCUT2D eigenvalue weighted by molar-refractivity contribution is -0.150. The Labute approximate surface area is 119 Å². The van der Waals surface area contributed by atoms with Gasteiger partial charge in [0.05, 0.1) is 0 Å². The van der Waals surface area contributed by atoms with Gasteiger partial charge >= 0.3 is 12.2 Å². The molecule has 0 aromatic heterocycles. The zero-order valence-electron chi connectivity index (χ0n) is 11.5. The number of amides is 3. The van der Waals surface area contributed by atoms with Crippen LogP contribution in [0.1, 0.15) is 20.3 Å². The first kappa shape index (κ1) is 16.8. The molecule has 0 aliphatic heterocycles. The Hall–Kier alpha value is -2.25. The van der Waals surface area contributed by atoms with E-state index in [0.29, 0.717) is 5.69 Å². The zero-order chi connectivity index (χ0) is 16.0. The summed E-state index contributed by atoms with van der Waals surface area (Å²) in [6.07, 6.45) is -6.08. The van der Waals surface area contributed by atoms with E-state index >= 15 is 0 Å². The van der Waals surface area contributed by atoms with E-state index in [9.17, 15) is 22.8 Å². The maximum absolute atomic E-state index is 12.0. The van der Waals surface area contributed by atoms with Crippen molar-refractivity contribution < 1.29 is 22.8 Å². The van der Waals surface area contributed by atoms with E-state index in [4.69, 9.17) is 0 Å². The second-order valence-corrected chi connectivity index (χ2v) is 4.67. The van der Waals surface area contributed by atoms with Gasteiger partial charge in [-0.2, -0.15) is 13.2 Å². The average molecular weight is 303 g/mol. The maximum atomic E-state index is 12.0. The third-order valence-electron chi connectivity index (χ3n) is 2.21. The van der Waals surface area contributed by atoms with E-state index in [-0.39, 0.29) is 17.8 Å². The number of halogens is 3. The number of carbonyl (C=O) groups excluding carboxylic acids is 2. The highest BCUT2D eigenvalue weighted by molar-refractivity contribution is 5.92. The minimum absolute atomic E-state index is 0.0223. The molecule has 0 heterocycles. The summed E-state index contributed by atoms with van der Waals surface area (Å²) in [6, 6.07) is 5.34. The van der Waals surface area contributed by atoms with E-state index in [1.54, 1.807) is 13.8 Å². The van der Waals surface area contributed by atoms with Crippen molar-refractivity contribution in [3.63, 3.8) is 0 Å². The first-order valence-corrected chi connectivity index (χ1v) is 6.20. The number of anilines is 2. The SMILES string of the molecule is CC(C)NC(=O)Nc1ccc(NC(=O)CC(F)(F)F)cc1. The normalized spacial score (nSPS) is 11.1. The summed E-state index contributed by atoms with van der Waals surface area (Å²) in [4.78, 5) is 22.5. The van der Waals surface area contributed by atoms with E-state index < -0.39 is 18.5 Å². The second-order valence-electron chi connectivity index (χ2n) is 4.67. The summed E-state index contributed by atoms with van der Waals surface area (Å²) >= 11 is 0. The minimum Gasteiger partial charge on any atom is -0.336 e. The highest BCUT2D eigenvalue weighted by Gasteiger charge is 2.31. The fourth-order valence-corrected chi connectivity index (χ4v) is 1.45. The van der Waals surface area contributed by atoms with Crippen molar-refractivity contribution in [2.75, 3.05) is 10.6 Å². The van der Waals surface area contributed by atoms with Crippen LogP contribution >= 0.6 is 0 Å². The van der Waals surface area contributed by atoms with Gasteiger partial charge in [-0.25, -0.2) is 4.79 Å². The van der Waals surface area contributed by atoms with Crippen molar-refractivity contribution in [1.82, 2.24) is 5.32 Å². The predicted octanol–water partition coefficient (Wildman–Crippen LogP) is 3.11. The minimum atomic E-state index is -4.54. The molecular weight excluding hydrogens is 287 g/mol. The third kappa shape index (κ3) is 7.19. The molecule has 1 aromatic carbocycles. The summed E-state index contributed by atoms with van der Waals surface area (Å²) < 4.78 is 36.0.